The van der Waals surface area contributed by atoms with Crippen LogP contribution < -0.4 is 4.74 Å². The van der Waals surface area contributed by atoms with Crippen LogP contribution in [-0.4, -0.2) is 45.0 Å². The van der Waals surface area contributed by atoms with Crippen LogP contribution in [-0.2, 0) is 0 Å². The number of rotatable bonds is 4. The fourth-order valence-corrected chi connectivity index (χ4v) is 5.47. The summed E-state index contributed by atoms with van der Waals surface area (Å²) in [6, 6.07) is 9.60. The molecule has 0 spiro atoms. The van der Waals surface area contributed by atoms with Crippen molar-refractivity contribution in [3.05, 3.63) is 58.7 Å². The number of hydrogen-bond acceptors (Lipinski definition) is 5. The topological polar surface area (TPSA) is 84.0 Å². The van der Waals surface area contributed by atoms with Crippen molar-refractivity contribution in [2.45, 2.75) is 71.4 Å². The molecule has 1 saturated carbocycles. The molecule has 35 heavy (non-hydrogen) atoms. The number of carbonyl (C=O) groups excluding carboxylic acids is 4. The van der Waals surface area contributed by atoms with E-state index in [0.29, 0.717) is 39.7 Å². The summed E-state index contributed by atoms with van der Waals surface area (Å²) in [7, 11) is 0. The Morgan fingerprint density at radius 2 is 1.23 bits per heavy atom. The predicted molar refractivity (Wildman–Crippen MR) is 130 cm³/mol. The zero-order valence-corrected chi connectivity index (χ0v) is 20.6. The molecular weight excluding hydrogens is 444 g/mol. The largest absolute Gasteiger partial charge is 0.457 e. The first-order valence-corrected chi connectivity index (χ1v) is 12.3. The van der Waals surface area contributed by atoms with Crippen LogP contribution in [0.25, 0.3) is 0 Å². The van der Waals surface area contributed by atoms with Crippen molar-refractivity contribution in [2.24, 2.45) is 5.92 Å². The second-order valence-electron chi connectivity index (χ2n) is 10.7. The van der Waals surface area contributed by atoms with Gasteiger partial charge in [-0.05, 0) is 88.8 Å². The second kappa shape index (κ2) is 8.33. The minimum absolute atomic E-state index is 0.0550. The molecule has 0 atom stereocenters. The van der Waals surface area contributed by atoms with Gasteiger partial charge < -0.3 is 4.74 Å². The predicted octanol–water partition coefficient (Wildman–Crippen LogP) is 5.44. The zero-order valence-electron chi connectivity index (χ0n) is 20.6. The molecule has 0 bridgehead atoms. The average molecular weight is 475 g/mol. The Balaban J connectivity index is 1.36. The van der Waals surface area contributed by atoms with Crippen LogP contribution in [0.1, 0.15) is 101 Å². The van der Waals surface area contributed by atoms with Crippen LogP contribution in [0.15, 0.2) is 36.4 Å². The van der Waals surface area contributed by atoms with Gasteiger partial charge in [-0.1, -0.05) is 13.3 Å². The summed E-state index contributed by atoms with van der Waals surface area (Å²) in [6.45, 7) is 7.62. The lowest BCUT2D eigenvalue weighted by molar-refractivity contribution is 0.0499. The molecule has 1 fully saturated rings. The third kappa shape index (κ3) is 3.83. The van der Waals surface area contributed by atoms with Crippen LogP contribution in [0.2, 0.25) is 0 Å². The number of imide groups is 2. The Kier molecular flexibility index (Phi) is 5.54. The minimum Gasteiger partial charge on any atom is -0.457 e. The minimum atomic E-state index is -0.636. The van der Waals surface area contributed by atoms with Crippen LogP contribution >= 0.6 is 0 Å². The lowest BCUT2D eigenvalue weighted by Crippen LogP contribution is -2.45. The summed E-state index contributed by atoms with van der Waals surface area (Å²) < 4.78 is 5.96. The number of carbonyl (C=O) groups is 4. The van der Waals surface area contributed by atoms with Crippen molar-refractivity contribution < 1.29 is 23.9 Å². The number of nitrogens with zero attached hydrogens (tertiary/aromatic N) is 2. The van der Waals surface area contributed by atoms with Crippen molar-refractivity contribution in [3.63, 3.8) is 0 Å². The van der Waals surface area contributed by atoms with Crippen molar-refractivity contribution in [2.75, 3.05) is 0 Å². The molecule has 1 aliphatic carbocycles. The highest BCUT2D eigenvalue weighted by Crippen LogP contribution is 2.37. The summed E-state index contributed by atoms with van der Waals surface area (Å²) in [6.07, 6.45) is 4.90. The molecule has 182 valence electrons. The summed E-state index contributed by atoms with van der Waals surface area (Å²) in [5, 5.41) is 0. The molecule has 2 aliphatic heterocycles. The van der Waals surface area contributed by atoms with Gasteiger partial charge in [0.2, 0.25) is 0 Å². The maximum atomic E-state index is 13.2. The molecule has 0 saturated heterocycles. The SMILES string of the molecule is CCC1CCC(N2C(=O)c3ccc(Oc4ccc5c(c4)C(=O)N(C(C)(C)C)C5=O)cc3C2=O)CC1. The third-order valence-electron chi connectivity index (χ3n) is 7.41. The zero-order chi connectivity index (χ0) is 25.1. The van der Waals surface area contributed by atoms with Gasteiger partial charge in [0.1, 0.15) is 11.5 Å². The molecule has 2 aromatic carbocycles. The molecule has 0 unspecified atom stereocenters. The molecular formula is C28H30N2O5. The summed E-state index contributed by atoms with van der Waals surface area (Å²) in [5.41, 5.74) is 0.749. The van der Waals surface area contributed by atoms with Gasteiger partial charge >= 0.3 is 0 Å². The summed E-state index contributed by atoms with van der Waals surface area (Å²) in [4.78, 5) is 54.5. The monoisotopic (exact) mass is 474 g/mol. The summed E-state index contributed by atoms with van der Waals surface area (Å²) >= 11 is 0. The molecule has 0 radical (unpaired) electrons. The highest BCUT2D eigenvalue weighted by molar-refractivity contribution is 6.22. The second-order valence-corrected chi connectivity index (χ2v) is 10.7. The molecule has 2 aromatic rings. The first-order chi connectivity index (χ1) is 16.6. The van der Waals surface area contributed by atoms with Gasteiger partial charge in [-0.25, -0.2) is 0 Å². The molecule has 4 amide bonds. The number of fused-ring (bicyclic) bond motifs is 2. The Morgan fingerprint density at radius 1 is 0.743 bits per heavy atom. The van der Waals surface area contributed by atoms with Gasteiger partial charge in [-0.15, -0.1) is 0 Å². The maximum Gasteiger partial charge on any atom is 0.262 e. The normalized spacial score (nSPS) is 22.1. The highest BCUT2D eigenvalue weighted by atomic mass is 16.5. The number of benzene rings is 2. The van der Waals surface area contributed by atoms with Gasteiger partial charge in [-0.3, -0.25) is 29.0 Å². The Labute approximate surface area is 205 Å². The van der Waals surface area contributed by atoms with Gasteiger partial charge in [0.05, 0.1) is 22.3 Å². The number of amides is 4. The Hall–Kier alpha value is -3.48. The molecule has 0 aromatic heterocycles. The molecule has 3 aliphatic rings. The van der Waals surface area contributed by atoms with Crippen LogP contribution in [0.4, 0.5) is 0 Å². The van der Waals surface area contributed by atoms with Crippen LogP contribution in [0, 0.1) is 5.92 Å². The quantitative estimate of drug-likeness (QED) is 0.551. The van der Waals surface area contributed by atoms with Crippen molar-refractivity contribution in [3.8, 4) is 11.5 Å². The van der Waals surface area contributed by atoms with Gasteiger partial charge in [0.25, 0.3) is 23.6 Å². The first-order valence-electron chi connectivity index (χ1n) is 12.3. The summed E-state index contributed by atoms with van der Waals surface area (Å²) in [5.74, 6) is 0.264. The lowest BCUT2D eigenvalue weighted by atomic mass is 9.84. The van der Waals surface area contributed by atoms with Crippen LogP contribution in [0.5, 0.6) is 11.5 Å². The van der Waals surface area contributed by atoms with E-state index in [-0.39, 0.29) is 29.7 Å². The molecule has 7 nitrogen and oxygen atoms in total. The first kappa shape index (κ1) is 23.3. The average Bonchev–Trinajstić information content (AvgIpc) is 3.22. The fourth-order valence-electron chi connectivity index (χ4n) is 5.47. The lowest BCUT2D eigenvalue weighted by Gasteiger charge is -2.33. The Bertz CT molecular complexity index is 1250. The van der Waals surface area contributed by atoms with E-state index in [9.17, 15) is 19.2 Å². The fraction of sp³-hybridized carbons (Fsp3) is 0.429. The highest BCUT2D eigenvalue weighted by Gasteiger charge is 2.43. The number of hydrogen-bond donors (Lipinski definition) is 0. The molecule has 5 rings (SSSR count). The Morgan fingerprint density at radius 3 is 1.77 bits per heavy atom. The van der Waals surface area contributed by atoms with E-state index in [1.54, 1.807) is 36.4 Å². The standard InChI is InChI=1S/C28H30N2O5/c1-5-16-6-8-17(9-7-16)29-24(31)20-12-10-18(14-22(20)25(29)32)35-19-11-13-21-23(15-19)27(34)30(26(21)33)28(2,3)4/h10-17H,5-9H2,1-4H3. The van der Waals surface area contributed by atoms with E-state index >= 15 is 0 Å². The van der Waals surface area contributed by atoms with E-state index < -0.39 is 5.54 Å². The van der Waals surface area contributed by atoms with E-state index in [1.807, 2.05) is 20.8 Å². The molecule has 0 N–H and O–H groups in total. The van der Waals surface area contributed by atoms with Gasteiger partial charge in [-0.2, -0.15) is 0 Å². The van der Waals surface area contributed by atoms with E-state index in [1.165, 1.54) is 9.80 Å². The number of ether oxygens (including phenoxy) is 1. The van der Waals surface area contributed by atoms with Crippen LogP contribution in [0.3, 0.4) is 0 Å². The van der Waals surface area contributed by atoms with Crippen molar-refractivity contribution in [1.29, 1.82) is 0 Å². The van der Waals surface area contributed by atoms with E-state index in [0.717, 1.165) is 32.1 Å². The van der Waals surface area contributed by atoms with E-state index in [4.69, 9.17) is 4.74 Å². The third-order valence-corrected chi connectivity index (χ3v) is 7.41. The van der Waals surface area contributed by atoms with Crippen molar-refractivity contribution in [1.82, 2.24) is 9.80 Å². The molecule has 2 heterocycles. The van der Waals surface area contributed by atoms with Crippen molar-refractivity contribution >= 4 is 23.6 Å². The molecule has 7 heteroatoms. The van der Waals surface area contributed by atoms with Gasteiger partial charge in [0.15, 0.2) is 0 Å². The maximum absolute atomic E-state index is 13.2. The van der Waals surface area contributed by atoms with Gasteiger partial charge in [0, 0.05) is 11.6 Å². The van der Waals surface area contributed by atoms with E-state index in [2.05, 4.69) is 6.92 Å². The smallest absolute Gasteiger partial charge is 0.262 e.